The highest BCUT2D eigenvalue weighted by molar-refractivity contribution is 5.53. The highest BCUT2D eigenvalue weighted by atomic mass is 16.1. The van der Waals surface area contributed by atoms with E-state index in [0.29, 0.717) is 12.0 Å². The van der Waals surface area contributed by atoms with E-state index in [0.717, 1.165) is 25.0 Å². The summed E-state index contributed by atoms with van der Waals surface area (Å²) in [5.74, 6) is 1.15. The van der Waals surface area contributed by atoms with Gasteiger partial charge in [0.15, 0.2) is 0 Å². The van der Waals surface area contributed by atoms with Crippen LogP contribution in [-0.4, -0.2) is 19.4 Å². The smallest absolute Gasteiger partial charge is 0.123 e. The fourth-order valence-corrected chi connectivity index (χ4v) is 2.46. The molecule has 0 amide bonds. The van der Waals surface area contributed by atoms with Gasteiger partial charge in [-0.3, -0.25) is 0 Å². The Kier molecular flexibility index (Phi) is 4.43. The Labute approximate surface area is 81.1 Å². The molecule has 1 saturated carbocycles. The predicted octanol–water partition coefficient (Wildman–Crippen LogP) is 1.99. The van der Waals surface area contributed by atoms with Gasteiger partial charge in [0.25, 0.3) is 0 Å². The Hall–Kier alpha value is -0.370. The first-order chi connectivity index (χ1) is 6.31. The minimum atomic E-state index is 0.352. The topological polar surface area (TPSA) is 29.1 Å². The fraction of sp³-hybridized carbons (Fsp3) is 0.909. The van der Waals surface area contributed by atoms with Crippen LogP contribution in [0.1, 0.15) is 39.0 Å². The largest absolute Gasteiger partial charge is 0.317 e. The summed E-state index contributed by atoms with van der Waals surface area (Å²) in [7, 11) is 2.04. The zero-order chi connectivity index (χ0) is 9.68. The highest BCUT2D eigenvalue weighted by Gasteiger charge is 2.25. The molecular weight excluding hydrogens is 162 g/mol. The average molecular weight is 183 g/mol. The molecule has 0 spiro atoms. The minimum absolute atomic E-state index is 0.352. The van der Waals surface area contributed by atoms with Gasteiger partial charge in [-0.05, 0) is 45.1 Å². The number of aldehydes is 1. The number of rotatable bonds is 4. The van der Waals surface area contributed by atoms with E-state index in [1.807, 2.05) is 7.05 Å². The molecule has 0 heterocycles. The Morgan fingerprint density at radius 3 is 2.38 bits per heavy atom. The van der Waals surface area contributed by atoms with Gasteiger partial charge in [0, 0.05) is 12.0 Å². The first kappa shape index (κ1) is 10.7. The monoisotopic (exact) mass is 183 g/mol. The fourth-order valence-electron chi connectivity index (χ4n) is 2.46. The maximum Gasteiger partial charge on any atom is 0.123 e. The predicted molar refractivity (Wildman–Crippen MR) is 54.7 cm³/mol. The van der Waals surface area contributed by atoms with Crippen LogP contribution in [0, 0.1) is 11.8 Å². The van der Waals surface area contributed by atoms with Crippen molar-refractivity contribution in [2.45, 2.75) is 45.1 Å². The Morgan fingerprint density at radius 2 is 2.00 bits per heavy atom. The Balaban J connectivity index is 2.34. The van der Waals surface area contributed by atoms with Crippen molar-refractivity contribution in [2.75, 3.05) is 7.05 Å². The SMILES string of the molecule is CC[C@@H](NC)C1CCC(C=O)CC1. The van der Waals surface area contributed by atoms with Crippen LogP contribution in [0.15, 0.2) is 0 Å². The molecule has 1 aliphatic rings. The molecule has 0 aromatic heterocycles. The van der Waals surface area contributed by atoms with E-state index < -0.39 is 0 Å². The summed E-state index contributed by atoms with van der Waals surface area (Å²) in [6.45, 7) is 2.23. The number of hydrogen-bond acceptors (Lipinski definition) is 2. The summed E-state index contributed by atoms with van der Waals surface area (Å²) in [6.07, 6.45) is 6.99. The number of carbonyl (C=O) groups excluding carboxylic acids is 1. The molecule has 13 heavy (non-hydrogen) atoms. The van der Waals surface area contributed by atoms with Gasteiger partial charge in [-0.25, -0.2) is 0 Å². The van der Waals surface area contributed by atoms with Crippen molar-refractivity contribution < 1.29 is 4.79 Å². The van der Waals surface area contributed by atoms with Crippen LogP contribution in [0.25, 0.3) is 0 Å². The second-order valence-electron chi connectivity index (χ2n) is 4.11. The molecule has 0 unspecified atom stereocenters. The molecule has 2 nitrogen and oxygen atoms in total. The van der Waals surface area contributed by atoms with Crippen molar-refractivity contribution >= 4 is 6.29 Å². The zero-order valence-electron chi connectivity index (χ0n) is 8.75. The third kappa shape index (κ3) is 2.80. The third-order valence-corrected chi connectivity index (χ3v) is 3.39. The normalized spacial score (nSPS) is 31.2. The van der Waals surface area contributed by atoms with E-state index in [-0.39, 0.29) is 0 Å². The molecule has 0 aromatic rings. The van der Waals surface area contributed by atoms with Crippen molar-refractivity contribution in [1.82, 2.24) is 5.32 Å². The molecule has 0 bridgehead atoms. The van der Waals surface area contributed by atoms with Crippen molar-refractivity contribution in [3.05, 3.63) is 0 Å². The van der Waals surface area contributed by atoms with Gasteiger partial charge in [-0.15, -0.1) is 0 Å². The summed E-state index contributed by atoms with van der Waals surface area (Å²) in [4.78, 5) is 10.6. The molecule has 0 saturated heterocycles. The Morgan fingerprint density at radius 1 is 1.38 bits per heavy atom. The molecule has 0 aliphatic heterocycles. The van der Waals surface area contributed by atoms with Crippen LogP contribution in [0.2, 0.25) is 0 Å². The van der Waals surface area contributed by atoms with E-state index in [1.54, 1.807) is 0 Å². The lowest BCUT2D eigenvalue weighted by Gasteiger charge is -2.31. The van der Waals surface area contributed by atoms with E-state index in [9.17, 15) is 4.79 Å². The van der Waals surface area contributed by atoms with Crippen molar-refractivity contribution in [3.63, 3.8) is 0 Å². The molecular formula is C11H21NO. The van der Waals surface area contributed by atoms with Gasteiger partial charge in [-0.1, -0.05) is 6.92 Å². The molecule has 1 atom stereocenters. The van der Waals surface area contributed by atoms with Gasteiger partial charge < -0.3 is 10.1 Å². The molecule has 1 N–H and O–H groups in total. The lowest BCUT2D eigenvalue weighted by molar-refractivity contribution is -0.112. The van der Waals surface area contributed by atoms with E-state index in [1.165, 1.54) is 19.3 Å². The molecule has 1 fully saturated rings. The van der Waals surface area contributed by atoms with E-state index >= 15 is 0 Å². The van der Waals surface area contributed by atoms with E-state index in [4.69, 9.17) is 0 Å². The lowest BCUT2D eigenvalue weighted by atomic mass is 9.78. The van der Waals surface area contributed by atoms with Crippen molar-refractivity contribution in [2.24, 2.45) is 11.8 Å². The highest BCUT2D eigenvalue weighted by Crippen LogP contribution is 2.30. The second-order valence-corrected chi connectivity index (χ2v) is 4.11. The second kappa shape index (κ2) is 5.38. The summed E-state index contributed by atoms with van der Waals surface area (Å²) in [5, 5.41) is 3.37. The molecule has 2 heteroatoms. The molecule has 0 radical (unpaired) electrons. The molecule has 1 aliphatic carbocycles. The third-order valence-electron chi connectivity index (χ3n) is 3.39. The standard InChI is InChI=1S/C11H21NO/c1-3-11(12-2)10-6-4-9(8-13)5-7-10/h8-12H,3-7H2,1-2H3/t9?,10?,11-/m1/s1. The Bertz CT molecular complexity index is 146. The van der Waals surface area contributed by atoms with Crippen LogP contribution in [0.3, 0.4) is 0 Å². The molecule has 1 rings (SSSR count). The van der Waals surface area contributed by atoms with Gasteiger partial charge in [-0.2, -0.15) is 0 Å². The number of nitrogens with one attached hydrogen (secondary N) is 1. The summed E-state index contributed by atoms with van der Waals surface area (Å²) in [6, 6.07) is 0.660. The summed E-state index contributed by atoms with van der Waals surface area (Å²) in [5.41, 5.74) is 0. The summed E-state index contributed by atoms with van der Waals surface area (Å²) >= 11 is 0. The van der Waals surface area contributed by atoms with Gasteiger partial charge in [0.2, 0.25) is 0 Å². The van der Waals surface area contributed by atoms with Crippen LogP contribution in [0.4, 0.5) is 0 Å². The van der Waals surface area contributed by atoms with Crippen LogP contribution < -0.4 is 5.32 Å². The number of hydrogen-bond donors (Lipinski definition) is 1. The van der Waals surface area contributed by atoms with Gasteiger partial charge in [0.1, 0.15) is 6.29 Å². The first-order valence-corrected chi connectivity index (χ1v) is 5.44. The van der Waals surface area contributed by atoms with Crippen LogP contribution in [-0.2, 0) is 4.79 Å². The van der Waals surface area contributed by atoms with Crippen molar-refractivity contribution in [3.8, 4) is 0 Å². The van der Waals surface area contributed by atoms with Gasteiger partial charge in [0.05, 0.1) is 0 Å². The zero-order valence-corrected chi connectivity index (χ0v) is 8.75. The maximum atomic E-state index is 10.6. The average Bonchev–Trinajstić information content (AvgIpc) is 2.21. The molecule has 76 valence electrons. The lowest BCUT2D eigenvalue weighted by Crippen LogP contribution is -2.35. The maximum absolute atomic E-state index is 10.6. The minimum Gasteiger partial charge on any atom is -0.317 e. The first-order valence-electron chi connectivity index (χ1n) is 5.44. The summed E-state index contributed by atoms with van der Waals surface area (Å²) < 4.78 is 0. The van der Waals surface area contributed by atoms with Crippen LogP contribution >= 0.6 is 0 Å². The van der Waals surface area contributed by atoms with Crippen molar-refractivity contribution in [1.29, 1.82) is 0 Å². The van der Waals surface area contributed by atoms with Gasteiger partial charge >= 0.3 is 0 Å². The van der Waals surface area contributed by atoms with Crippen LogP contribution in [0.5, 0.6) is 0 Å². The number of carbonyl (C=O) groups is 1. The quantitative estimate of drug-likeness (QED) is 0.675. The van der Waals surface area contributed by atoms with E-state index in [2.05, 4.69) is 12.2 Å². The molecule has 0 aromatic carbocycles.